The number of aliphatic hydroxyl groups is 2. The van der Waals surface area contributed by atoms with Crippen LogP contribution in [-0.4, -0.2) is 49.2 Å². The quantitative estimate of drug-likeness (QED) is 0.403. The lowest BCUT2D eigenvalue weighted by Gasteiger charge is -2.59. The van der Waals surface area contributed by atoms with Gasteiger partial charge in [0.25, 0.3) is 5.56 Å². The fourth-order valence-electron chi connectivity index (χ4n) is 8.63. The van der Waals surface area contributed by atoms with Gasteiger partial charge in [0.1, 0.15) is 5.60 Å². The van der Waals surface area contributed by atoms with Gasteiger partial charge < -0.3 is 15.2 Å². The highest BCUT2D eigenvalue weighted by molar-refractivity contribution is 7.99. The summed E-state index contributed by atoms with van der Waals surface area (Å²) in [4.78, 5) is 45.6. The van der Waals surface area contributed by atoms with E-state index in [1.54, 1.807) is 30.4 Å². The van der Waals surface area contributed by atoms with Crippen molar-refractivity contribution >= 4 is 34.2 Å². The number of thioether (sulfide) groups is 1. The Kier molecular flexibility index (Phi) is 5.91. The maximum Gasteiger partial charge on any atom is 0.259 e. The Labute approximate surface area is 225 Å². The van der Waals surface area contributed by atoms with Crippen LogP contribution in [0.25, 0.3) is 10.9 Å². The summed E-state index contributed by atoms with van der Waals surface area (Å²) < 4.78 is 0. The van der Waals surface area contributed by atoms with Crippen molar-refractivity contribution in [1.82, 2.24) is 9.97 Å². The van der Waals surface area contributed by atoms with Crippen LogP contribution in [-0.2, 0) is 9.59 Å². The summed E-state index contributed by atoms with van der Waals surface area (Å²) in [5.74, 6) is -0.423. The number of benzene rings is 1. The third-order valence-corrected chi connectivity index (χ3v) is 11.3. The minimum absolute atomic E-state index is 0.000251. The van der Waals surface area contributed by atoms with Crippen LogP contribution in [0.5, 0.6) is 0 Å². The number of rotatable bonds is 4. The van der Waals surface area contributed by atoms with Gasteiger partial charge in [0, 0.05) is 16.7 Å². The monoisotopic (exact) mass is 534 g/mol. The number of aromatic nitrogens is 2. The maximum atomic E-state index is 13.8. The first-order valence-electron chi connectivity index (χ1n) is 13.5. The fourth-order valence-corrected chi connectivity index (χ4v) is 9.45. The van der Waals surface area contributed by atoms with Crippen molar-refractivity contribution in [2.75, 3.05) is 5.75 Å². The van der Waals surface area contributed by atoms with E-state index in [0.29, 0.717) is 28.9 Å². The molecule has 0 aliphatic heterocycles. The zero-order valence-electron chi connectivity index (χ0n) is 21.9. The number of Topliss-reactive ketones (excluding diaryl/α,β-unsaturated/α-hetero) is 1. The molecule has 4 aliphatic carbocycles. The zero-order valence-corrected chi connectivity index (χ0v) is 22.8. The van der Waals surface area contributed by atoms with Gasteiger partial charge in [-0.25, -0.2) is 4.98 Å². The maximum absolute atomic E-state index is 13.8. The normalized spacial score (nSPS) is 39.9. The molecule has 3 N–H and O–H groups in total. The fraction of sp³-hybridized carbons (Fsp3) is 0.533. The molecule has 5 unspecified atom stereocenters. The Bertz CT molecular complexity index is 1460. The second-order valence-corrected chi connectivity index (χ2v) is 13.2. The van der Waals surface area contributed by atoms with Gasteiger partial charge in [-0.3, -0.25) is 14.4 Å². The molecular weight excluding hydrogens is 500 g/mol. The number of para-hydroxylation sites is 1. The molecule has 0 radical (unpaired) electrons. The summed E-state index contributed by atoms with van der Waals surface area (Å²) in [6.07, 6.45) is 7.26. The molecule has 1 aromatic heterocycles. The summed E-state index contributed by atoms with van der Waals surface area (Å²) >= 11 is 1.13. The number of ketones is 2. The first-order valence-corrected chi connectivity index (χ1v) is 14.5. The van der Waals surface area contributed by atoms with Crippen molar-refractivity contribution in [2.45, 2.75) is 63.3 Å². The summed E-state index contributed by atoms with van der Waals surface area (Å²) in [6.45, 7) is 6.04. The van der Waals surface area contributed by atoms with E-state index in [-0.39, 0.29) is 46.6 Å². The van der Waals surface area contributed by atoms with Gasteiger partial charge in [-0.15, -0.1) is 0 Å². The van der Waals surface area contributed by atoms with Crippen LogP contribution < -0.4 is 5.56 Å². The summed E-state index contributed by atoms with van der Waals surface area (Å²) in [5, 5.41) is 24.6. The lowest BCUT2D eigenvalue weighted by Crippen LogP contribution is -2.62. The second-order valence-electron chi connectivity index (χ2n) is 12.2. The van der Waals surface area contributed by atoms with E-state index in [2.05, 4.69) is 16.9 Å². The van der Waals surface area contributed by atoms with E-state index >= 15 is 0 Å². The van der Waals surface area contributed by atoms with E-state index in [1.807, 2.05) is 26.0 Å². The van der Waals surface area contributed by atoms with E-state index in [9.17, 15) is 24.6 Å². The van der Waals surface area contributed by atoms with E-state index in [4.69, 9.17) is 0 Å². The highest BCUT2D eigenvalue weighted by Crippen LogP contribution is 2.68. The predicted molar refractivity (Wildman–Crippen MR) is 146 cm³/mol. The Morgan fingerprint density at radius 3 is 2.79 bits per heavy atom. The van der Waals surface area contributed by atoms with Crippen LogP contribution in [0.2, 0.25) is 0 Å². The number of aromatic amines is 1. The largest absolute Gasteiger partial charge is 0.393 e. The number of carbonyl (C=O) groups excluding carboxylic acids is 2. The summed E-state index contributed by atoms with van der Waals surface area (Å²) in [7, 11) is 0. The van der Waals surface area contributed by atoms with Gasteiger partial charge in [-0.1, -0.05) is 56.3 Å². The number of hydrogen-bond donors (Lipinski definition) is 3. The molecule has 1 heterocycles. The minimum Gasteiger partial charge on any atom is -0.393 e. The highest BCUT2D eigenvalue weighted by atomic mass is 32.2. The molecule has 6 rings (SSSR count). The predicted octanol–water partition coefficient (Wildman–Crippen LogP) is 3.84. The molecule has 200 valence electrons. The first-order chi connectivity index (χ1) is 18.0. The number of H-pyrrole nitrogens is 1. The smallest absolute Gasteiger partial charge is 0.259 e. The van der Waals surface area contributed by atoms with Gasteiger partial charge >= 0.3 is 0 Å². The van der Waals surface area contributed by atoms with Crippen molar-refractivity contribution in [3.05, 3.63) is 58.4 Å². The molecule has 4 aliphatic rings. The number of aliphatic hydroxyl groups excluding tert-OH is 1. The number of nitrogens with zero attached hydrogens (tertiary/aromatic N) is 1. The molecule has 0 spiro atoms. The Hall–Kier alpha value is -2.55. The van der Waals surface area contributed by atoms with Gasteiger partial charge in [-0.05, 0) is 67.7 Å². The van der Waals surface area contributed by atoms with Crippen LogP contribution in [0.3, 0.4) is 0 Å². The molecule has 2 aromatic rings. The van der Waals surface area contributed by atoms with Crippen molar-refractivity contribution < 1.29 is 19.8 Å². The number of allylic oxidation sites excluding steroid dienone is 4. The molecule has 3 fully saturated rings. The molecule has 8 heteroatoms. The number of hydrogen-bond acceptors (Lipinski definition) is 7. The standard InChI is InChI=1S/C30H34N2O5S/c1-16-12-21-19-9-8-17-13-18(33)10-11-28(17,2)25(19)23(34)14-29(21,3)30(16,37)24(35)15-38-27-31-22-7-5-4-6-20(22)26(36)32-27/h4-7,10-11,13,16,19,21,23,25,34,37H,8-9,12,14-15H2,1-3H3,(H,31,32,36)/t16-,19?,21?,23+,25?,28?,29?,30+/m1/s1. The molecule has 0 amide bonds. The van der Waals surface area contributed by atoms with Gasteiger partial charge in [0.2, 0.25) is 0 Å². The molecule has 0 saturated heterocycles. The van der Waals surface area contributed by atoms with Crippen LogP contribution in [0.4, 0.5) is 0 Å². The average molecular weight is 535 g/mol. The van der Waals surface area contributed by atoms with E-state index in [0.717, 1.165) is 30.2 Å². The third-order valence-electron chi connectivity index (χ3n) is 10.4. The average Bonchev–Trinajstić information content (AvgIpc) is 3.08. The van der Waals surface area contributed by atoms with Crippen LogP contribution >= 0.6 is 11.8 Å². The topological polar surface area (TPSA) is 120 Å². The SMILES string of the molecule is C[C@@H]1CC2C3CCC4=CC(=O)C=CC4(C)C3[C@@H](O)CC2(C)[C@@]1(O)C(=O)CSc1nc2ccccc2c(=O)[nH]1. The molecule has 3 saturated carbocycles. The van der Waals surface area contributed by atoms with Gasteiger partial charge in [0.05, 0.1) is 22.8 Å². The van der Waals surface area contributed by atoms with Crippen LogP contribution in [0.1, 0.15) is 46.5 Å². The van der Waals surface area contributed by atoms with E-state index in [1.165, 1.54) is 0 Å². The summed E-state index contributed by atoms with van der Waals surface area (Å²) in [5.41, 5.74) is -1.38. The van der Waals surface area contributed by atoms with Crippen LogP contribution in [0, 0.1) is 34.5 Å². The lowest BCUT2D eigenvalue weighted by atomic mass is 9.46. The molecular formula is C30H34N2O5S. The molecule has 7 nitrogen and oxygen atoms in total. The third kappa shape index (κ3) is 3.49. The molecule has 8 atom stereocenters. The minimum atomic E-state index is -1.59. The number of fused-ring (bicyclic) bond motifs is 6. The van der Waals surface area contributed by atoms with Crippen molar-refractivity contribution in [3.63, 3.8) is 0 Å². The second kappa shape index (κ2) is 8.73. The zero-order chi connectivity index (χ0) is 27.0. The first kappa shape index (κ1) is 25.7. The van der Waals surface area contributed by atoms with Crippen LogP contribution in [0.15, 0.2) is 58.0 Å². The van der Waals surface area contributed by atoms with Crippen molar-refractivity contribution in [2.24, 2.45) is 34.5 Å². The van der Waals surface area contributed by atoms with E-state index < -0.39 is 22.5 Å². The summed E-state index contributed by atoms with van der Waals surface area (Å²) in [6, 6.07) is 7.06. The lowest BCUT2D eigenvalue weighted by molar-refractivity contribution is -0.179. The highest BCUT2D eigenvalue weighted by Gasteiger charge is 2.70. The van der Waals surface area contributed by atoms with Crippen molar-refractivity contribution in [1.29, 1.82) is 0 Å². The Balaban J connectivity index is 1.28. The molecule has 1 aromatic carbocycles. The van der Waals surface area contributed by atoms with Gasteiger partial charge in [-0.2, -0.15) is 0 Å². The molecule has 38 heavy (non-hydrogen) atoms. The van der Waals surface area contributed by atoms with Crippen molar-refractivity contribution in [3.8, 4) is 0 Å². The Morgan fingerprint density at radius 1 is 1.24 bits per heavy atom. The Morgan fingerprint density at radius 2 is 2.00 bits per heavy atom. The number of nitrogens with one attached hydrogen (secondary N) is 1. The van der Waals surface area contributed by atoms with Gasteiger partial charge in [0.15, 0.2) is 16.7 Å². The number of carbonyl (C=O) groups is 2. The molecule has 0 bridgehead atoms.